The number of likely N-dealkylation sites (tertiary alicyclic amines) is 1. The van der Waals surface area contributed by atoms with Crippen LogP contribution in [0.3, 0.4) is 0 Å². The highest BCUT2D eigenvalue weighted by Gasteiger charge is 2.29. The van der Waals surface area contributed by atoms with Gasteiger partial charge in [-0.2, -0.15) is 0 Å². The molecule has 17 heavy (non-hydrogen) atoms. The topological polar surface area (TPSA) is 15.3 Å². The highest BCUT2D eigenvalue weighted by atomic mass is 19.1. The van der Waals surface area contributed by atoms with Gasteiger partial charge >= 0.3 is 0 Å². The number of rotatable bonds is 2. The predicted molar refractivity (Wildman–Crippen MR) is 66.1 cm³/mol. The summed E-state index contributed by atoms with van der Waals surface area (Å²) >= 11 is 0. The number of hydrogen-bond donors (Lipinski definition) is 1. The van der Waals surface area contributed by atoms with Crippen LogP contribution in [-0.4, -0.2) is 31.1 Å². The molecule has 3 rings (SSSR count). The molecule has 2 saturated heterocycles. The van der Waals surface area contributed by atoms with Crippen molar-refractivity contribution in [1.82, 2.24) is 10.2 Å². The van der Waals surface area contributed by atoms with E-state index in [0.717, 1.165) is 31.5 Å². The second-order valence-electron chi connectivity index (χ2n) is 5.45. The highest BCUT2D eigenvalue weighted by molar-refractivity contribution is 5.16. The van der Waals surface area contributed by atoms with Crippen molar-refractivity contribution in [3.05, 3.63) is 35.6 Å². The molecule has 0 aliphatic carbocycles. The lowest BCUT2D eigenvalue weighted by Crippen LogP contribution is -2.50. The van der Waals surface area contributed by atoms with Crippen LogP contribution in [0.4, 0.5) is 4.39 Å². The van der Waals surface area contributed by atoms with Gasteiger partial charge in [0.2, 0.25) is 0 Å². The minimum atomic E-state index is -0.145. The van der Waals surface area contributed by atoms with Gasteiger partial charge in [0.05, 0.1) is 0 Å². The molecule has 0 saturated carbocycles. The number of fused-ring (bicyclic) bond motifs is 2. The van der Waals surface area contributed by atoms with Gasteiger partial charge in [-0.05, 0) is 49.0 Å². The average Bonchev–Trinajstić information content (AvgIpc) is 2.32. The highest BCUT2D eigenvalue weighted by Crippen LogP contribution is 2.25. The van der Waals surface area contributed by atoms with Crippen molar-refractivity contribution in [2.24, 2.45) is 11.8 Å². The molecule has 2 atom stereocenters. The largest absolute Gasteiger partial charge is 0.316 e. The first-order valence-electron chi connectivity index (χ1n) is 6.47. The fourth-order valence-corrected chi connectivity index (χ4v) is 3.19. The van der Waals surface area contributed by atoms with E-state index in [1.165, 1.54) is 25.1 Å². The summed E-state index contributed by atoms with van der Waals surface area (Å²) in [4.78, 5) is 2.52. The average molecular weight is 234 g/mol. The van der Waals surface area contributed by atoms with Crippen LogP contribution in [-0.2, 0) is 6.54 Å². The summed E-state index contributed by atoms with van der Waals surface area (Å²) in [6.07, 6.45) is 1.38. The molecule has 1 N–H and O–H groups in total. The van der Waals surface area contributed by atoms with Gasteiger partial charge in [0.25, 0.3) is 0 Å². The monoisotopic (exact) mass is 234 g/mol. The molecule has 3 heteroatoms. The van der Waals surface area contributed by atoms with Gasteiger partial charge < -0.3 is 5.32 Å². The van der Waals surface area contributed by atoms with Crippen LogP contribution in [0.15, 0.2) is 24.3 Å². The molecule has 2 fully saturated rings. The van der Waals surface area contributed by atoms with Crippen LogP contribution in [0.5, 0.6) is 0 Å². The summed E-state index contributed by atoms with van der Waals surface area (Å²) in [7, 11) is 0. The Hall–Kier alpha value is -0.930. The minimum absolute atomic E-state index is 0.145. The van der Waals surface area contributed by atoms with E-state index in [1.54, 1.807) is 12.1 Å². The second-order valence-corrected chi connectivity index (χ2v) is 5.45. The van der Waals surface area contributed by atoms with Crippen LogP contribution in [0.2, 0.25) is 0 Å². The van der Waals surface area contributed by atoms with Crippen molar-refractivity contribution in [3.63, 3.8) is 0 Å². The standard InChI is InChI=1S/C14H19FN2/c15-14-3-1-11(2-4-14)8-17-9-12-5-13(10-17)7-16-6-12/h1-4,12-13,16H,5-10H2. The van der Waals surface area contributed by atoms with Crippen molar-refractivity contribution in [2.45, 2.75) is 13.0 Å². The molecule has 2 nitrogen and oxygen atoms in total. The molecular formula is C14H19FN2. The van der Waals surface area contributed by atoms with E-state index in [0.29, 0.717) is 0 Å². The third-order valence-corrected chi connectivity index (χ3v) is 3.88. The summed E-state index contributed by atoms with van der Waals surface area (Å²) in [6.45, 7) is 5.65. The molecule has 2 aliphatic heterocycles. The Labute approximate surface area is 102 Å². The first-order chi connectivity index (χ1) is 8.29. The van der Waals surface area contributed by atoms with Gasteiger partial charge in [0, 0.05) is 19.6 Å². The van der Waals surface area contributed by atoms with E-state index in [2.05, 4.69) is 10.2 Å². The third kappa shape index (κ3) is 2.67. The number of nitrogens with one attached hydrogen (secondary N) is 1. The summed E-state index contributed by atoms with van der Waals surface area (Å²) in [5.41, 5.74) is 1.22. The fraction of sp³-hybridized carbons (Fsp3) is 0.571. The smallest absolute Gasteiger partial charge is 0.123 e. The van der Waals surface area contributed by atoms with Crippen LogP contribution in [0.25, 0.3) is 0 Å². The van der Waals surface area contributed by atoms with E-state index in [-0.39, 0.29) is 5.82 Å². The van der Waals surface area contributed by atoms with Crippen molar-refractivity contribution in [2.75, 3.05) is 26.2 Å². The van der Waals surface area contributed by atoms with E-state index in [4.69, 9.17) is 0 Å². The Morgan fingerprint density at radius 1 is 1.12 bits per heavy atom. The molecule has 0 spiro atoms. The number of piperidine rings is 2. The molecule has 2 aliphatic rings. The van der Waals surface area contributed by atoms with E-state index < -0.39 is 0 Å². The summed E-state index contributed by atoms with van der Waals surface area (Å²) in [5, 5.41) is 3.50. The molecule has 0 radical (unpaired) electrons. The van der Waals surface area contributed by atoms with Crippen LogP contribution in [0, 0.1) is 17.7 Å². The van der Waals surface area contributed by atoms with Crippen LogP contribution in [0.1, 0.15) is 12.0 Å². The molecule has 1 aromatic rings. The molecule has 2 unspecified atom stereocenters. The van der Waals surface area contributed by atoms with Gasteiger partial charge in [0.1, 0.15) is 5.82 Å². The van der Waals surface area contributed by atoms with E-state index in [9.17, 15) is 4.39 Å². The normalized spacial score (nSPS) is 29.2. The quantitative estimate of drug-likeness (QED) is 0.840. The van der Waals surface area contributed by atoms with Gasteiger partial charge in [-0.1, -0.05) is 12.1 Å². The third-order valence-electron chi connectivity index (χ3n) is 3.88. The van der Waals surface area contributed by atoms with E-state index in [1.807, 2.05) is 12.1 Å². The lowest BCUT2D eigenvalue weighted by Gasteiger charge is -2.41. The first-order valence-corrected chi connectivity index (χ1v) is 6.47. The Kier molecular flexibility index (Phi) is 3.12. The maximum Gasteiger partial charge on any atom is 0.123 e. The van der Waals surface area contributed by atoms with Gasteiger partial charge in [-0.25, -0.2) is 4.39 Å². The zero-order valence-corrected chi connectivity index (χ0v) is 10.0. The van der Waals surface area contributed by atoms with E-state index >= 15 is 0 Å². The molecule has 2 bridgehead atoms. The van der Waals surface area contributed by atoms with Crippen molar-refractivity contribution >= 4 is 0 Å². The van der Waals surface area contributed by atoms with Gasteiger partial charge in [-0.3, -0.25) is 4.90 Å². The van der Waals surface area contributed by atoms with Gasteiger partial charge in [0.15, 0.2) is 0 Å². The summed E-state index contributed by atoms with van der Waals surface area (Å²) in [5.74, 6) is 1.47. The Bertz CT molecular complexity index is 364. The number of hydrogen-bond acceptors (Lipinski definition) is 2. The maximum atomic E-state index is 12.8. The Morgan fingerprint density at radius 2 is 1.76 bits per heavy atom. The molecule has 1 aromatic carbocycles. The van der Waals surface area contributed by atoms with Crippen molar-refractivity contribution in [3.8, 4) is 0 Å². The number of benzene rings is 1. The fourth-order valence-electron chi connectivity index (χ4n) is 3.19. The molecular weight excluding hydrogens is 215 g/mol. The molecule has 0 amide bonds. The van der Waals surface area contributed by atoms with Gasteiger partial charge in [-0.15, -0.1) is 0 Å². The van der Waals surface area contributed by atoms with Crippen LogP contribution >= 0.6 is 0 Å². The predicted octanol–water partition coefficient (Wildman–Crippen LogP) is 1.87. The second kappa shape index (κ2) is 4.75. The first kappa shape index (κ1) is 11.2. The lowest BCUT2D eigenvalue weighted by molar-refractivity contribution is 0.0917. The lowest BCUT2D eigenvalue weighted by atomic mass is 9.86. The Balaban J connectivity index is 1.63. The minimum Gasteiger partial charge on any atom is -0.316 e. The number of halogens is 1. The molecule has 92 valence electrons. The zero-order chi connectivity index (χ0) is 11.7. The van der Waals surface area contributed by atoms with Crippen molar-refractivity contribution in [1.29, 1.82) is 0 Å². The summed E-state index contributed by atoms with van der Waals surface area (Å²) in [6, 6.07) is 6.92. The number of nitrogens with zero attached hydrogens (tertiary/aromatic N) is 1. The molecule has 2 heterocycles. The Morgan fingerprint density at radius 3 is 2.41 bits per heavy atom. The zero-order valence-electron chi connectivity index (χ0n) is 10.0. The van der Waals surface area contributed by atoms with Crippen molar-refractivity contribution < 1.29 is 4.39 Å². The van der Waals surface area contributed by atoms with Crippen LogP contribution < -0.4 is 5.32 Å². The SMILES string of the molecule is Fc1ccc(CN2CC3CNCC(C3)C2)cc1. The molecule has 0 aromatic heterocycles. The summed E-state index contributed by atoms with van der Waals surface area (Å²) < 4.78 is 12.8. The maximum absolute atomic E-state index is 12.8.